The number of rotatable bonds is 4. The lowest BCUT2D eigenvalue weighted by Gasteiger charge is -2.35. The van der Waals surface area contributed by atoms with E-state index in [1.54, 1.807) is 0 Å². The number of thiocarbonyl (C=S) groups is 1. The highest BCUT2D eigenvalue weighted by molar-refractivity contribution is 7.80. The van der Waals surface area contributed by atoms with E-state index in [0.29, 0.717) is 31.8 Å². The van der Waals surface area contributed by atoms with Crippen LogP contribution in [0.4, 0.5) is 0 Å². The summed E-state index contributed by atoms with van der Waals surface area (Å²) < 4.78 is 10.5. The molecule has 0 radical (unpaired) electrons. The molecule has 3 N–H and O–H groups in total. The Hall–Kier alpha value is -1.47. The Labute approximate surface area is 129 Å². The van der Waals surface area contributed by atoms with E-state index in [2.05, 4.69) is 10.5 Å². The molecule has 0 aliphatic carbocycles. The number of nitrogens with one attached hydrogen (secondary N) is 1. The molecule has 1 atom stereocenters. The molecule has 6 nitrogen and oxygen atoms in total. The van der Waals surface area contributed by atoms with Crippen LogP contribution in [-0.4, -0.2) is 29.3 Å². The van der Waals surface area contributed by atoms with Crippen LogP contribution < -0.4 is 11.1 Å². The van der Waals surface area contributed by atoms with Gasteiger partial charge in [0.25, 0.3) is 0 Å². The first-order valence-electron chi connectivity index (χ1n) is 7.00. The molecule has 1 saturated heterocycles. The predicted octanol–water partition coefficient (Wildman–Crippen LogP) is 1.55. The van der Waals surface area contributed by atoms with Crippen molar-refractivity contribution >= 4 is 23.1 Å². The molecule has 2 heterocycles. The zero-order valence-corrected chi connectivity index (χ0v) is 13.4. The number of nitrogens with two attached hydrogens (primary N) is 1. The normalized spacial score (nSPS) is 19.0. The molecule has 1 aliphatic heterocycles. The minimum absolute atomic E-state index is 0.147. The summed E-state index contributed by atoms with van der Waals surface area (Å²) in [6.07, 6.45) is 1.03. The maximum absolute atomic E-state index is 12.7. The quantitative estimate of drug-likeness (QED) is 0.820. The fraction of sp³-hybridized carbons (Fsp3) is 0.643. The highest BCUT2D eigenvalue weighted by Crippen LogP contribution is 2.32. The summed E-state index contributed by atoms with van der Waals surface area (Å²) in [6, 6.07) is -0.210. The largest absolute Gasteiger partial charge is 0.392 e. The number of hydrogen-bond donors (Lipinski definition) is 2. The molecule has 2 rings (SSSR count). The first kappa shape index (κ1) is 15.9. The van der Waals surface area contributed by atoms with Gasteiger partial charge in [0.1, 0.15) is 11.2 Å². The van der Waals surface area contributed by atoms with Gasteiger partial charge in [-0.15, -0.1) is 0 Å². The van der Waals surface area contributed by atoms with E-state index in [-0.39, 0.29) is 16.9 Å². The highest BCUT2D eigenvalue weighted by atomic mass is 32.1. The van der Waals surface area contributed by atoms with Crippen LogP contribution in [0.1, 0.15) is 42.8 Å². The van der Waals surface area contributed by atoms with Gasteiger partial charge in [0.15, 0.2) is 0 Å². The standard InChI is InChI=1S/C14H21N3O3S/c1-8(11-9(2)17-20-10(11)3)16-13(18)14(12(15)21)4-6-19-7-5-14/h8H,4-7H2,1-3H3,(H2,15,21)(H,16,18). The van der Waals surface area contributed by atoms with Crippen LogP contribution in [0, 0.1) is 19.3 Å². The van der Waals surface area contributed by atoms with E-state index >= 15 is 0 Å². The number of carbonyl (C=O) groups is 1. The van der Waals surface area contributed by atoms with Gasteiger partial charge in [-0.2, -0.15) is 0 Å². The van der Waals surface area contributed by atoms with Crippen molar-refractivity contribution < 1.29 is 14.1 Å². The molecule has 1 unspecified atom stereocenters. The molecular formula is C14H21N3O3S. The summed E-state index contributed by atoms with van der Waals surface area (Å²) >= 11 is 5.14. The third-order valence-corrected chi connectivity index (χ3v) is 4.51. The Bertz CT molecular complexity index is 530. The highest BCUT2D eigenvalue weighted by Gasteiger charge is 2.43. The second-order valence-electron chi connectivity index (χ2n) is 5.49. The Kier molecular flexibility index (Phi) is 4.63. The maximum Gasteiger partial charge on any atom is 0.233 e. The number of hydrogen-bond acceptors (Lipinski definition) is 5. The molecule has 1 aromatic heterocycles. The molecule has 0 bridgehead atoms. The van der Waals surface area contributed by atoms with Gasteiger partial charge in [-0.05, 0) is 33.6 Å². The number of ether oxygens (including phenoxy) is 1. The number of nitrogens with zero attached hydrogens (tertiary/aromatic N) is 1. The predicted molar refractivity (Wildman–Crippen MR) is 81.8 cm³/mol. The van der Waals surface area contributed by atoms with Gasteiger partial charge in [-0.3, -0.25) is 4.79 Å². The second-order valence-corrected chi connectivity index (χ2v) is 5.93. The molecule has 1 fully saturated rings. The van der Waals surface area contributed by atoms with Gasteiger partial charge >= 0.3 is 0 Å². The zero-order chi connectivity index (χ0) is 15.6. The van der Waals surface area contributed by atoms with Crippen molar-refractivity contribution in [2.24, 2.45) is 11.1 Å². The molecule has 0 saturated carbocycles. The average molecular weight is 311 g/mol. The third kappa shape index (κ3) is 2.94. The van der Waals surface area contributed by atoms with Crippen molar-refractivity contribution in [3.05, 3.63) is 17.0 Å². The molecule has 1 amide bonds. The van der Waals surface area contributed by atoms with Crippen LogP contribution >= 0.6 is 12.2 Å². The lowest BCUT2D eigenvalue weighted by atomic mass is 9.79. The van der Waals surface area contributed by atoms with E-state index in [1.807, 2.05) is 20.8 Å². The van der Waals surface area contributed by atoms with E-state index in [4.69, 9.17) is 27.2 Å². The molecule has 21 heavy (non-hydrogen) atoms. The molecule has 1 aliphatic rings. The molecule has 0 spiro atoms. The van der Waals surface area contributed by atoms with E-state index in [1.165, 1.54) is 0 Å². The van der Waals surface area contributed by atoms with Gasteiger partial charge in [-0.25, -0.2) is 0 Å². The number of amides is 1. The van der Waals surface area contributed by atoms with E-state index in [0.717, 1.165) is 11.3 Å². The van der Waals surface area contributed by atoms with Crippen molar-refractivity contribution in [1.82, 2.24) is 10.5 Å². The van der Waals surface area contributed by atoms with Gasteiger partial charge < -0.3 is 20.3 Å². The van der Waals surface area contributed by atoms with Gasteiger partial charge in [0.2, 0.25) is 5.91 Å². The molecule has 116 valence electrons. The summed E-state index contributed by atoms with van der Waals surface area (Å²) in [6.45, 7) is 6.56. The topological polar surface area (TPSA) is 90.4 Å². The van der Waals surface area contributed by atoms with E-state index < -0.39 is 5.41 Å². The molecule has 1 aromatic rings. The van der Waals surface area contributed by atoms with Crippen molar-refractivity contribution in [2.75, 3.05) is 13.2 Å². The van der Waals surface area contributed by atoms with Crippen LogP contribution in [0.15, 0.2) is 4.52 Å². The summed E-state index contributed by atoms with van der Waals surface area (Å²) in [7, 11) is 0. The number of aromatic nitrogens is 1. The van der Waals surface area contributed by atoms with Crippen molar-refractivity contribution in [1.29, 1.82) is 0 Å². The Morgan fingerprint density at radius 2 is 2.05 bits per heavy atom. The first-order valence-corrected chi connectivity index (χ1v) is 7.40. The molecular weight excluding hydrogens is 290 g/mol. The first-order chi connectivity index (χ1) is 9.88. The smallest absolute Gasteiger partial charge is 0.233 e. The van der Waals surface area contributed by atoms with Crippen molar-refractivity contribution in [3.63, 3.8) is 0 Å². The summed E-state index contributed by atoms with van der Waals surface area (Å²) in [5, 5.41) is 6.91. The van der Waals surface area contributed by atoms with Crippen LogP contribution in [0.2, 0.25) is 0 Å². The summed E-state index contributed by atoms with van der Waals surface area (Å²) in [4.78, 5) is 12.9. The third-order valence-electron chi connectivity index (χ3n) is 4.12. The van der Waals surface area contributed by atoms with Crippen LogP contribution in [-0.2, 0) is 9.53 Å². The SMILES string of the molecule is Cc1noc(C)c1C(C)NC(=O)C1(C(N)=S)CCOCC1. The minimum atomic E-state index is -0.819. The summed E-state index contributed by atoms with van der Waals surface area (Å²) in [5.74, 6) is 0.558. The summed E-state index contributed by atoms with van der Waals surface area (Å²) in [5.41, 5.74) is 6.69. The average Bonchev–Trinajstić information content (AvgIpc) is 2.78. The van der Waals surface area contributed by atoms with Crippen molar-refractivity contribution in [3.8, 4) is 0 Å². The second kappa shape index (κ2) is 6.11. The van der Waals surface area contributed by atoms with Gasteiger partial charge in [0, 0.05) is 18.8 Å². The fourth-order valence-corrected chi connectivity index (χ4v) is 3.12. The zero-order valence-electron chi connectivity index (χ0n) is 12.6. The lowest BCUT2D eigenvalue weighted by Crippen LogP contribution is -2.52. The van der Waals surface area contributed by atoms with E-state index in [9.17, 15) is 4.79 Å². The maximum atomic E-state index is 12.7. The number of aryl methyl sites for hydroxylation is 2. The van der Waals surface area contributed by atoms with Gasteiger partial charge in [0.05, 0.1) is 16.7 Å². The van der Waals surface area contributed by atoms with Crippen LogP contribution in [0.25, 0.3) is 0 Å². The number of carbonyl (C=O) groups excluding carboxylic acids is 1. The van der Waals surface area contributed by atoms with Crippen LogP contribution in [0.3, 0.4) is 0 Å². The fourth-order valence-electron chi connectivity index (χ4n) is 2.82. The molecule has 7 heteroatoms. The minimum Gasteiger partial charge on any atom is -0.392 e. The Morgan fingerprint density at radius 1 is 1.43 bits per heavy atom. The van der Waals surface area contributed by atoms with Crippen molar-refractivity contribution in [2.45, 2.75) is 39.7 Å². The molecule has 0 aromatic carbocycles. The van der Waals surface area contributed by atoms with Gasteiger partial charge in [-0.1, -0.05) is 17.4 Å². The Balaban J connectivity index is 2.18. The monoisotopic (exact) mass is 311 g/mol. The Morgan fingerprint density at radius 3 is 2.52 bits per heavy atom. The lowest BCUT2D eigenvalue weighted by molar-refractivity contribution is -0.132. The van der Waals surface area contributed by atoms with Crippen LogP contribution in [0.5, 0.6) is 0 Å².